The topological polar surface area (TPSA) is 52.3 Å². The molecule has 0 aliphatic heterocycles. The summed E-state index contributed by atoms with van der Waals surface area (Å²) in [4.78, 5) is 11.8. The van der Waals surface area contributed by atoms with E-state index in [1.165, 1.54) is 0 Å². The predicted octanol–water partition coefficient (Wildman–Crippen LogP) is 2.06. The summed E-state index contributed by atoms with van der Waals surface area (Å²) >= 11 is 3.40. The lowest BCUT2D eigenvalue weighted by Gasteiger charge is -2.09. The number of benzene rings is 1. The van der Waals surface area contributed by atoms with Crippen molar-refractivity contribution in [3.63, 3.8) is 0 Å². The summed E-state index contributed by atoms with van der Waals surface area (Å²) in [5.74, 6) is 0.898. The van der Waals surface area contributed by atoms with Gasteiger partial charge in [0.05, 0.1) is 17.1 Å². The van der Waals surface area contributed by atoms with Crippen molar-refractivity contribution >= 4 is 21.7 Å². The van der Waals surface area contributed by atoms with Gasteiger partial charge in [-0.1, -0.05) is 6.07 Å². The van der Waals surface area contributed by atoms with Crippen LogP contribution in [0.1, 0.15) is 18.4 Å². The smallest absolute Gasteiger partial charge is 0.156 e. The van der Waals surface area contributed by atoms with Gasteiger partial charge in [0.25, 0.3) is 0 Å². The highest BCUT2D eigenvalue weighted by Crippen LogP contribution is 2.34. The van der Waals surface area contributed by atoms with Crippen LogP contribution in [0.2, 0.25) is 0 Å². The molecule has 2 rings (SSSR count). The van der Waals surface area contributed by atoms with E-state index in [2.05, 4.69) is 15.9 Å². The first-order chi connectivity index (χ1) is 7.55. The molecule has 1 aliphatic carbocycles. The number of methoxy groups -OCH3 is 1. The lowest BCUT2D eigenvalue weighted by molar-refractivity contribution is -0.120. The van der Waals surface area contributed by atoms with E-state index < -0.39 is 5.54 Å². The summed E-state index contributed by atoms with van der Waals surface area (Å²) in [6, 6.07) is 5.65. The predicted molar refractivity (Wildman–Crippen MR) is 65.6 cm³/mol. The minimum absolute atomic E-state index is 0.129. The molecule has 4 heteroatoms. The van der Waals surface area contributed by atoms with Crippen molar-refractivity contribution in [3.8, 4) is 5.75 Å². The summed E-state index contributed by atoms with van der Waals surface area (Å²) in [6.45, 7) is 0. The van der Waals surface area contributed by atoms with E-state index >= 15 is 0 Å². The maximum Gasteiger partial charge on any atom is 0.156 e. The van der Waals surface area contributed by atoms with Crippen LogP contribution in [0.4, 0.5) is 0 Å². The SMILES string of the molecule is COc1ccc(CC(=O)C2(N)CC2)cc1Br. The van der Waals surface area contributed by atoms with Gasteiger partial charge in [0.2, 0.25) is 0 Å². The number of Topliss-reactive ketones (excluding diaryl/α,β-unsaturated/α-hetero) is 1. The molecule has 16 heavy (non-hydrogen) atoms. The van der Waals surface area contributed by atoms with Gasteiger partial charge >= 0.3 is 0 Å². The summed E-state index contributed by atoms with van der Waals surface area (Å²) in [5.41, 5.74) is 6.28. The molecule has 1 saturated carbocycles. The van der Waals surface area contributed by atoms with E-state index in [1.54, 1.807) is 7.11 Å². The molecule has 3 nitrogen and oxygen atoms in total. The molecular formula is C12H14BrNO2. The molecule has 1 aliphatic rings. The molecule has 0 aromatic heterocycles. The third-order valence-electron chi connectivity index (χ3n) is 2.92. The van der Waals surface area contributed by atoms with Crippen molar-refractivity contribution in [2.45, 2.75) is 24.8 Å². The van der Waals surface area contributed by atoms with Crippen LogP contribution in [0.3, 0.4) is 0 Å². The Morgan fingerprint density at radius 3 is 2.75 bits per heavy atom. The summed E-state index contributed by atoms with van der Waals surface area (Å²) in [5, 5.41) is 0. The molecule has 0 spiro atoms. The molecule has 0 bridgehead atoms. The minimum atomic E-state index is -0.535. The zero-order valence-corrected chi connectivity index (χ0v) is 10.7. The van der Waals surface area contributed by atoms with E-state index in [1.807, 2.05) is 18.2 Å². The van der Waals surface area contributed by atoms with Crippen LogP contribution < -0.4 is 10.5 Å². The van der Waals surface area contributed by atoms with Gasteiger partial charge in [-0.3, -0.25) is 4.79 Å². The first kappa shape index (κ1) is 11.6. The normalized spacial score (nSPS) is 16.9. The van der Waals surface area contributed by atoms with Crippen molar-refractivity contribution in [2.75, 3.05) is 7.11 Å². The van der Waals surface area contributed by atoms with Gasteiger partial charge < -0.3 is 10.5 Å². The summed E-state index contributed by atoms with van der Waals surface area (Å²) < 4.78 is 5.99. The first-order valence-corrected chi connectivity index (χ1v) is 5.99. The largest absolute Gasteiger partial charge is 0.496 e. The molecule has 1 fully saturated rings. The fourth-order valence-electron chi connectivity index (χ4n) is 1.59. The molecular weight excluding hydrogens is 270 g/mol. The maximum atomic E-state index is 11.8. The molecule has 0 atom stereocenters. The van der Waals surface area contributed by atoms with E-state index in [0.717, 1.165) is 28.6 Å². The second-order valence-electron chi connectivity index (χ2n) is 4.22. The van der Waals surface area contributed by atoms with Gasteiger partial charge in [-0.2, -0.15) is 0 Å². The number of ketones is 1. The highest BCUT2D eigenvalue weighted by Gasteiger charge is 2.44. The van der Waals surface area contributed by atoms with Crippen LogP contribution in [-0.4, -0.2) is 18.4 Å². The molecule has 2 N–H and O–H groups in total. The number of hydrogen-bond donors (Lipinski definition) is 1. The number of rotatable bonds is 4. The average Bonchev–Trinajstić information content (AvgIpc) is 2.98. The van der Waals surface area contributed by atoms with E-state index in [9.17, 15) is 4.79 Å². The Morgan fingerprint density at radius 2 is 2.25 bits per heavy atom. The Balaban J connectivity index is 2.10. The molecule has 0 amide bonds. The van der Waals surface area contributed by atoms with Crippen molar-refractivity contribution < 1.29 is 9.53 Å². The van der Waals surface area contributed by atoms with Crippen LogP contribution in [-0.2, 0) is 11.2 Å². The number of hydrogen-bond acceptors (Lipinski definition) is 3. The van der Waals surface area contributed by atoms with Crippen LogP contribution in [0.25, 0.3) is 0 Å². The van der Waals surface area contributed by atoms with Gasteiger partial charge in [-0.05, 0) is 46.5 Å². The van der Waals surface area contributed by atoms with Crippen LogP contribution in [0.15, 0.2) is 22.7 Å². The molecule has 0 unspecified atom stereocenters. The van der Waals surface area contributed by atoms with Gasteiger partial charge in [0, 0.05) is 6.42 Å². The van der Waals surface area contributed by atoms with E-state index in [4.69, 9.17) is 10.5 Å². The van der Waals surface area contributed by atoms with Crippen LogP contribution in [0, 0.1) is 0 Å². The average molecular weight is 284 g/mol. The van der Waals surface area contributed by atoms with E-state index in [0.29, 0.717) is 6.42 Å². The van der Waals surface area contributed by atoms with Crippen molar-refractivity contribution in [1.82, 2.24) is 0 Å². The number of ether oxygens (including phenoxy) is 1. The van der Waals surface area contributed by atoms with Gasteiger partial charge in [-0.15, -0.1) is 0 Å². The zero-order chi connectivity index (χ0) is 11.8. The van der Waals surface area contributed by atoms with Crippen LogP contribution in [0.5, 0.6) is 5.75 Å². The standard InChI is InChI=1S/C12H14BrNO2/c1-16-10-3-2-8(6-9(10)13)7-11(15)12(14)4-5-12/h2-3,6H,4-5,7,14H2,1H3. The van der Waals surface area contributed by atoms with Gasteiger partial charge in [-0.25, -0.2) is 0 Å². The summed E-state index contributed by atoms with van der Waals surface area (Å²) in [7, 11) is 1.62. The number of carbonyl (C=O) groups is 1. The minimum Gasteiger partial charge on any atom is -0.496 e. The molecule has 1 aromatic carbocycles. The zero-order valence-electron chi connectivity index (χ0n) is 9.13. The molecule has 86 valence electrons. The fourth-order valence-corrected chi connectivity index (χ4v) is 2.18. The van der Waals surface area contributed by atoms with Crippen molar-refractivity contribution in [1.29, 1.82) is 0 Å². The Morgan fingerprint density at radius 1 is 1.56 bits per heavy atom. The molecule has 1 aromatic rings. The van der Waals surface area contributed by atoms with Crippen molar-refractivity contribution in [3.05, 3.63) is 28.2 Å². The monoisotopic (exact) mass is 283 g/mol. The van der Waals surface area contributed by atoms with Crippen LogP contribution >= 0.6 is 15.9 Å². The van der Waals surface area contributed by atoms with Gasteiger partial charge in [0.1, 0.15) is 5.75 Å². The Bertz CT molecular complexity index is 427. The van der Waals surface area contributed by atoms with Crippen molar-refractivity contribution in [2.24, 2.45) is 5.73 Å². The fraction of sp³-hybridized carbons (Fsp3) is 0.417. The second-order valence-corrected chi connectivity index (χ2v) is 5.08. The summed E-state index contributed by atoms with van der Waals surface area (Å²) in [6.07, 6.45) is 2.05. The second kappa shape index (κ2) is 4.18. The lowest BCUT2D eigenvalue weighted by Crippen LogP contribution is -2.33. The lowest BCUT2D eigenvalue weighted by atomic mass is 10.0. The third-order valence-corrected chi connectivity index (χ3v) is 3.54. The Kier molecular flexibility index (Phi) is 3.04. The Hall–Kier alpha value is -0.870. The highest BCUT2D eigenvalue weighted by molar-refractivity contribution is 9.10. The maximum absolute atomic E-state index is 11.8. The Labute approximate surface area is 103 Å². The number of halogens is 1. The third kappa shape index (κ3) is 2.28. The highest BCUT2D eigenvalue weighted by atomic mass is 79.9. The van der Waals surface area contributed by atoms with Gasteiger partial charge in [0.15, 0.2) is 5.78 Å². The molecule has 0 radical (unpaired) electrons. The number of nitrogens with two attached hydrogens (primary N) is 1. The first-order valence-electron chi connectivity index (χ1n) is 5.20. The number of carbonyl (C=O) groups excluding carboxylic acids is 1. The van der Waals surface area contributed by atoms with E-state index in [-0.39, 0.29) is 5.78 Å². The quantitative estimate of drug-likeness (QED) is 0.920. The molecule has 0 saturated heterocycles. The molecule has 0 heterocycles.